The van der Waals surface area contributed by atoms with Crippen molar-refractivity contribution in [2.75, 3.05) is 33.4 Å². The first-order valence-electron chi connectivity index (χ1n) is 8.98. The van der Waals surface area contributed by atoms with Gasteiger partial charge in [0.15, 0.2) is 6.61 Å². The third-order valence-electron chi connectivity index (χ3n) is 4.81. The summed E-state index contributed by atoms with van der Waals surface area (Å²) in [4.78, 5) is 26.4. The van der Waals surface area contributed by atoms with Crippen molar-refractivity contribution in [2.45, 2.75) is 25.7 Å². The molecule has 0 radical (unpaired) electrons. The lowest BCUT2D eigenvalue weighted by Crippen LogP contribution is -2.47. The minimum Gasteiger partial charge on any atom is -0.497 e. The Balaban J connectivity index is 1.46. The first-order valence-corrected chi connectivity index (χ1v) is 8.98. The van der Waals surface area contributed by atoms with E-state index < -0.39 is 0 Å². The van der Waals surface area contributed by atoms with Crippen LogP contribution < -0.4 is 14.8 Å². The van der Waals surface area contributed by atoms with Gasteiger partial charge in [0.05, 0.1) is 13.0 Å². The summed E-state index contributed by atoms with van der Waals surface area (Å²) in [5, 5.41) is 3.02. The number of nitrogens with one attached hydrogen (secondary N) is 1. The van der Waals surface area contributed by atoms with E-state index in [0.29, 0.717) is 30.5 Å². The molecule has 6 nitrogen and oxygen atoms in total. The summed E-state index contributed by atoms with van der Waals surface area (Å²) in [5.74, 6) is 1.86. The maximum atomic E-state index is 12.4. The molecule has 6 heteroatoms. The van der Waals surface area contributed by atoms with Crippen LogP contribution in [0, 0.1) is 11.8 Å². The number of benzene rings is 1. The summed E-state index contributed by atoms with van der Waals surface area (Å²) in [6.45, 7) is 1.93. The Labute approximate surface area is 148 Å². The van der Waals surface area contributed by atoms with Crippen molar-refractivity contribution in [2.24, 2.45) is 11.8 Å². The van der Waals surface area contributed by atoms with Crippen molar-refractivity contribution in [1.29, 1.82) is 0 Å². The number of carbonyl (C=O) groups excluding carboxylic acids is 2. The smallest absolute Gasteiger partial charge is 0.260 e. The molecule has 136 valence electrons. The predicted molar refractivity (Wildman–Crippen MR) is 93.5 cm³/mol. The second kappa shape index (κ2) is 8.23. The van der Waals surface area contributed by atoms with Crippen LogP contribution in [0.3, 0.4) is 0 Å². The van der Waals surface area contributed by atoms with E-state index in [0.717, 1.165) is 19.4 Å². The number of carbonyl (C=O) groups is 2. The molecule has 1 heterocycles. The van der Waals surface area contributed by atoms with E-state index in [1.54, 1.807) is 24.1 Å². The molecule has 1 aliphatic carbocycles. The maximum Gasteiger partial charge on any atom is 0.260 e. The van der Waals surface area contributed by atoms with Crippen LogP contribution in [0.5, 0.6) is 11.5 Å². The minimum absolute atomic E-state index is 0.0242. The molecular weight excluding hydrogens is 320 g/mol. The molecule has 0 aromatic heterocycles. The number of likely N-dealkylation sites (tertiary alicyclic amines) is 1. The molecule has 1 saturated carbocycles. The fourth-order valence-corrected chi connectivity index (χ4v) is 3.06. The quantitative estimate of drug-likeness (QED) is 0.818. The van der Waals surface area contributed by atoms with Gasteiger partial charge in [-0.1, -0.05) is 6.07 Å². The molecular formula is C19H26N2O4. The highest BCUT2D eigenvalue weighted by molar-refractivity contribution is 5.82. The van der Waals surface area contributed by atoms with E-state index >= 15 is 0 Å². The lowest BCUT2D eigenvalue weighted by Gasteiger charge is -2.32. The molecule has 1 N–H and O–H groups in total. The van der Waals surface area contributed by atoms with E-state index in [9.17, 15) is 9.59 Å². The normalized spacial score (nSPS) is 20.0. The van der Waals surface area contributed by atoms with Gasteiger partial charge in [0.2, 0.25) is 5.91 Å². The standard InChI is InChI=1S/C19H26N2O4/c1-24-16-5-2-6-17(10-16)25-13-18(22)21-9-3-4-15(12-21)19(23)20-11-14-7-8-14/h2,5-6,10,14-15H,3-4,7-9,11-13H2,1H3,(H,20,23). The predicted octanol–water partition coefficient (Wildman–Crippen LogP) is 1.84. The van der Waals surface area contributed by atoms with Crippen molar-refractivity contribution >= 4 is 11.8 Å². The number of hydrogen-bond acceptors (Lipinski definition) is 4. The molecule has 2 aliphatic rings. The van der Waals surface area contributed by atoms with Crippen LogP contribution in [-0.2, 0) is 9.59 Å². The minimum atomic E-state index is -0.103. The van der Waals surface area contributed by atoms with Gasteiger partial charge in [0.1, 0.15) is 11.5 Å². The third kappa shape index (κ3) is 5.11. The number of piperidine rings is 1. The van der Waals surface area contributed by atoms with Crippen molar-refractivity contribution in [3.63, 3.8) is 0 Å². The Morgan fingerprint density at radius 1 is 1.24 bits per heavy atom. The number of amides is 2. The molecule has 0 bridgehead atoms. The van der Waals surface area contributed by atoms with Gasteiger partial charge in [-0.3, -0.25) is 9.59 Å². The lowest BCUT2D eigenvalue weighted by molar-refractivity contribution is -0.137. The zero-order valence-electron chi connectivity index (χ0n) is 14.7. The van der Waals surface area contributed by atoms with Crippen molar-refractivity contribution in [1.82, 2.24) is 10.2 Å². The van der Waals surface area contributed by atoms with Crippen LogP contribution in [0.4, 0.5) is 0 Å². The largest absolute Gasteiger partial charge is 0.497 e. The van der Waals surface area contributed by atoms with Gasteiger partial charge in [-0.05, 0) is 43.7 Å². The van der Waals surface area contributed by atoms with Gasteiger partial charge in [-0.15, -0.1) is 0 Å². The Kier molecular flexibility index (Phi) is 5.79. The van der Waals surface area contributed by atoms with Gasteiger partial charge < -0.3 is 19.7 Å². The molecule has 3 rings (SSSR count). The van der Waals surface area contributed by atoms with Gasteiger partial charge in [-0.25, -0.2) is 0 Å². The van der Waals surface area contributed by atoms with Crippen LogP contribution in [-0.4, -0.2) is 50.1 Å². The second-order valence-electron chi connectivity index (χ2n) is 6.84. The van der Waals surface area contributed by atoms with Gasteiger partial charge in [0, 0.05) is 25.7 Å². The van der Waals surface area contributed by atoms with E-state index in [-0.39, 0.29) is 24.3 Å². The van der Waals surface area contributed by atoms with E-state index in [4.69, 9.17) is 9.47 Å². The zero-order chi connectivity index (χ0) is 17.6. The monoisotopic (exact) mass is 346 g/mol. The average Bonchev–Trinajstić information content (AvgIpc) is 3.49. The van der Waals surface area contributed by atoms with Crippen LogP contribution in [0.2, 0.25) is 0 Å². The molecule has 2 amide bonds. The highest BCUT2D eigenvalue weighted by Crippen LogP contribution is 2.28. The van der Waals surface area contributed by atoms with E-state index in [1.807, 2.05) is 12.1 Å². The van der Waals surface area contributed by atoms with Crippen LogP contribution in [0.25, 0.3) is 0 Å². The Morgan fingerprint density at radius 3 is 2.80 bits per heavy atom. The molecule has 1 unspecified atom stereocenters. The van der Waals surface area contributed by atoms with Crippen molar-refractivity contribution < 1.29 is 19.1 Å². The first kappa shape index (κ1) is 17.6. The van der Waals surface area contributed by atoms with Crippen LogP contribution in [0.15, 0.2) is 24.3 Å². The summed E-state index contributed by atoms with van der Waals surface area (Å²) in [7, 11) is 1.59. The summed E-state index contributed by atoms with van der Waals surface area (Å²) in [6.07, 6.45) is 4.14. The van der Waals surface area contributed by atoms with E-state index in [1.165, 1.54) is 12.8 Å². The number of methoxy groups -OCH3 is 1. The highest BCUT2D eigenvalue weighted by Gasteiger charge is 2.30. The molecule has 1 aliphatic heterocycles. The summed E-state index contributed by atoms with van der Waals surface area (Å²) in [6, 6.07) is 7.18. The van der Waals surface area contributed by atoms with Gasteiger partial charge in [-0.2, -0.15) is 0 Å². The number of ether oxygens (including phenoxy) is 2. The molecule has 25 heavy (non-hydrogen) atoms. The average molecular weight is 346 g/mol. The van der Waals surface area contributed by atoms with Crippen molar-refractivity contribution in [3.8, 4) is 11.5 Å². The Bertz CT molecular complexity index is 615. The zero-order valence-corrected chi connectivity index (χ0v) is 14.7. The summed E-state index contributed by atoms with van der Waals surface area (Å²) >= 11 is 0. The van der Waals surface area contributed by atoms with E-state index in [2.05, 4.69) is 5.32 Å². The summed E-state index contributed by atoms with van der Waals surface area (Å²) in [5.41, 5.74) is 0. The second-order valence-corrected chi connectivity index (χ2v) is 6.84. The maximum absolute atomic E-state index is 12.4. The Morgan fingerprint density at radius 2 is 2.04 bits per heavy atom. The molecule has 1 aromatic carbocycles. The Hall–Kier alpha value is -2.24. The fourth-order valence-electron chi connectivity index (χ4n) is 3.06. The number of hydrogen-bond donors (Lipinski definition) is 1. The van der Waals surface area contributed by atoms with Gasteiger partial charge >= 0.3 is 0 Å². The van der Waals surface area contributed by atoms with Crippen LogP contribution in [0.1, 0.15) is 25.7 Å². The van der Waals surface area contributed by atoms with Gasteiger partial charge in [0.25, 0.3) is 5.91 Å². The molecule has 1 aromatic rings. The lowest BCUT2D eigenvalue weighted by atomic mass is 9.97. The summed E-state index contributed by atoms with van der Waals surface area (Å²) < 4.78 is 10.7. The first-order chi connectivity index (χ1) is 12.2. The molecule has 2 fully saturated rings. The SMILES string of the molecule is COc1cccc(OCC(=O)N2CCCC(C(=O)NCC3CC3)C2)c1. The number of rotatable bonds is 7. The van der Waals surface area contributed by atoms with Crippen molar-refractivity contribution in [3.05, 3.63) is 24.3 Å². The fraction of sp³-hybridized carbons (Fsp3) is 0.579. The molecule has 1 atom stereocenters. The highest BCUT2D eigenvalue weighted by atomic mass is 16.5. The molecule has 0 spiro atoms. The molecule has 1 saturated heterocycles. The number of nitrogens with zero attached hydrogens (tertiary/aromatic N) is 1. The van der Waals surface area contributed by atoms with Crippen LogP contribution >= 0.6 is 0 Å². The third-order valence-corrected chi connectivity index (χ3v) is 4.81. The topological polar surface area (TPSA) is 67.9 Å².